The van der Waals surface area contributed by atoms with E-state index >= 15 is 0 Å². The summed E-state index contributed by atoms with van der Waals surface area (Å²) in [5.41, 5.74) is 1.08. The van der Waals surface area contributed by atoms with Crippen molar-refractivity contribution in [2.24, 2.45) is 0 Å². The van der Waals surface area contributed by atoms with Crippen molar-refractivity contribution in [1.29, 1.82) is 0 Å². The Balaban J connectivity index is 1.86. The molecular weight excluding hydrogens is 276 g/mol. The van der Waals surface area contributed by atoms with Gasteiger partial charge in [-0.05, 0) is 43.6 Å². The summed E-state index contributed by atoms with van der Waals surface area (Å²) in [5, 5.41) is 8.25. The van der Waals surface area contributed by atoms with Crippen LogP contribution < -0.4 is 10.6 Å². The zero-order valence-corrected chi connectivity index (χ0v) is 12.9. The maximum Gasteiger partial charge on any atom is 0.166 e. The van der Waals surface area contributed by atoms with E-state index in [9.17, 15) is 0 Å². The van der Waals surface area contributed by atoms with Crippen LogP contribution in [0, 0.1) is 0 Å². The van der Waals surface area contributed by atoms with E-state index in [1.807, 2.05) is 24.3 Å². The van der Waals surface area contributed by atoms with Gasteiger partial charge in [0, 0.05) is 11.1 Å². The molecule has 1 aromatic carbocycles. The van der Waals surface area contributed by atoms with Crippen LogP contribution >= 0.6 is 23.8 Å². The van der Waals surface area contributed by atoms with Crippen molar-refractivity contribution in [3.05, 3.63) is 34.9 Å². The molecule has 2 rings (SSSR count). The number of halogens is 1. The molecule has 0 bridgehead atoms. The Morgan fingerprint density at radius 1 is 1.26 bits per heavy atom. The van der Waals surface area contributed by atoms with Gasteiger partial charge in [0.05, 0.1) is 6.04 Å². The summed E-state index contributed by atoms with van der Waals surface area (Å²) in [6, 6.07) is 8.54. The SMILES string of the molecule is C[C@H](NC(=S)NC1CCCCC1)c1ccccc1Cl. The lowest BCUT2D eigenvalue weighted by Crippen LogP contribution is -2.43. The lowest BCUT2D eigenvalue weighted by molar-refractivity contribution is 0.411. The van der Waals surface area contributed by atoms with Crippen LogP contribution in [-0.4, -0.2) is 11.2 Å². The summed E-state index contributed by atoms with van der Waals surface area (Å²) in [7, 11) is 0. The number of thiocarbonyl (C=S) groups is 1. The van der Waals surface area contributed by atoms with Crippen LogP contribution in [0.25, 0.3) is 0 Å². The number of hydrogen-bond donors (Lipinski definition) is 2. The third kappa shape index (κ3) is 4.36. The van der Waals surface area contributed by atoms with Crippen molar-refractivity contribution >= 4 is 28.9 Å². The standard InChI is InChI=1S/C15H21ClN2S/c1-11(13-9-5-6-10-14(13)16)17-15(19)18-12-7-3-2-4-8-12/h5-6,9-12H,2-4,7-8H2,1H3,(H2,17,18,19)/t11-/m0/s1. The molecule has 1 aromatic rings. The lowest BCUT2D eigenvalue weighted by atomic mass is 9.96. The van der Waals surface area contributed by atoms with E-state index in [0.717, 1.165) is 15.7 Å². The summed E-state index contributed by atoms with van der Waals surface area (Å²) in [4.78, 5) is 0. The summed E-state index contributed by atoms with van der Waals surface area (Å²) >= 11 is 11.6. The average Bonchev–Trinajstić information content (AvgIpc) is 2.40. The second-order valence-corrected chi connectivity index (χ2v) is 6.01. The van der Waals surface area contributed by atoms with Crippen LogP contribution in [0.2, 0.25) is 5.02 Å². The molecular formula is C15H21ClN2S. The maximum atomic E-state index is 6.19. The van der Waals surface area contributed by atoms with Gasteiger partial charge in [-0.3, -0.25) is 0 Å². The van der Waals surface area contributed by atoms with Crippen LogP contribution in [0.3, 0.4) is 0 Å². The fourth-order valence-corrected chi connectivity index (χ4v) is 3.22. The van der Waals surface area contributed by atoms with Crippen molar-refractivity contribution in [1.82, 2.24) is 10.6 Å². The van der Waals surface area contributed by atoms with Gasteiger partial charge < -0.3 is 10.6 Å². The Hall–Kier alpha value is -0.800. The molecule has 4 heteroatoms. The molecule has 2 N–H and O–H groups in total. The molecule has 2 nitrogen and oxygen atoms in total. The molecule has 0 saturated heterocycles. The van der Waals surface area contributed by atoms with Crippen LogP contribution in [-0.2, 0) is 0 Å². The summed E-state index contributed by atoms with van der Waals surface area (Å²) < 4.78 is 0. The first-order chi connectivity index (χ1) is 9.16. The fourth-order valence-electron chi connectivity index (χ4n) is 2.57. The second-order valence-electron chi connectivity index (χ2n) is 5.20. The number of hydrogen-bond acceptors (Lipinski definition) is 1. The molecule has 0 spiro atoms. The van der Waals surface area contributed by atoms with Crippen molar-refractivity contribution < 1.29 is 0 Å². The summed E-state index contributed by atoms with van der Waals surface area (Å²) in [6.45, 7) is 2.08. The minimum absolute atomic E-state index is 0.122. The van der Waals surface area contributed by atoms with Crippen LogP contribution in [0.15, 0.2) is 24.3 Å². The van der Waals surface area contributed by atoms with Crippen LogP contribution in [0.5, 0.6) is 0 Å². The largest absolute Gasteiger partial charge is 0.360 e. The molecule has 0 heterocycles. The zero-order chi connectivity index (χ0) is 13.7. The Morgan fingerprint density at radius 3 is 2.63 bits per heavy atom. The minimum atomic E-state index is 0.122. The van der Waals surface area contributed by atoms with E-state index in [0.29, 0.717) is 6.04 Å². The Morgan fingerprint density at radius 2 is 1.95 bits per heavy atom. The van der Waals surface area contributed by atoms with Gasteiger partial charge in [-0.25, -0.2) is 0 Å². The Labute approximate surface area is 125 Å². The Bertz CT molecular complexity index is 430. The highest BCUT2D eigenvalue weighted by molar-refractivity contribution is 7.80. The second kappa shape index (κ2) is 7.11. The van der Waals surface area contributed by atoms with Gasteiger partial charge in [-0.2, -0.15) is 0 Å². The lowest BCUT2D eigenvalue weighted by Gasteiger charge is -2.26. The number of benzene rings is 1. The van der Waals surface area contributed by atoms with Gasteiger partial charge in [0.25, 0.3) is 0 Å². The fraction of sp³-hybridized carbons (Fsp3) is 0.533. The molecule has 1 aliphatic carbocycles. The summed E-state index contributed by atoms with van der Waals surface area (Å²) in [5.74, 6) is 0. The van der Waals surface area contributed by atoms with Gasteiger partial charge in [0.1, 0.15) is 0 Å². The number of nitrogens with one attached hydrogen (secondary N) is 2. The minimum Gasteiger partial charge on any atom is -0.360 e. The normalized spacial score (nSPS) is 17.8. The van der Waals surface area contributed by atoms with E-state index in [1.165, 1.54) is 32.1 Å². The first kappa shape index (κ1) is 14.6. The topological polar surface area (TPSA) is 24.1 Å². The highest BCUT2D eigenvalue weighted by atomic mass is 35.5. The van der Waals surface area contributed by atoms with Gasteiger partial charge in [0.15, 0.2) is 5.11 Å². The molecule has 0 aromatic heterocycles. The molecule has 1 saturated carbocycles. The van der Waals surface area contributed by atoms with E-state index in [2.05, 4.69) is 17.6 Å². The molecule has 0 aliphatic heterocycles. The monoisotopic (exact) mass is 296 g/mol. The molecule has 1 fully saturated rings. The Kier molecular flexibility index (Phi) is 5.46. The van der Waals surface area contributed by atoms with Gasteiger partial charge >= 0.3 is 0 Å². The third-order valence-electron chi connectivity index (χ3n) is 3.66. The molecule has 104 valence electrons. The highest BCUT2D eigenvalue weighted by Crippen LogP contribution is 2.22. The molecule has 0 radical (unpaired) electrons. The predicted octanol–water partition coefficient (Wildman–Crippen LogP) is 4.20. The highest BCUT2D eigenvalue weighted by Gasteiger charge is 2.15. The molecule has 1 atom stereocenters. The van der Waals surface area contributed by atoms with Crippen molar-refractivity contribution in [2.75, 3.05) is 0 Å². The van der Waals surface area contributed by atoms with E-state index in [-0.39, 0.29) is 6.04 Å². The van der Waals surface area contributed by atoms with Gasteiger partial charge in [-0.15, -0.1) is 0 Å². The summed E-state index contributed by atoms with van der Waals surface area (Å²) in [6.07, 6.45) is 6.42. The third-order valence-corrected chi connectivity index (χ3v) is 4.24. The predicted molar refractivity (Wildman–Crippen MR) is 85.6 cm³/mol. The smallest absolute Gasteiger partial charge is 0.166 e. The first-order valence-electron chi connectivity index (χ1n) is 6.98. The van der Waals surface area contributed by atoms with Crippen molar-refractivity contribution in [3.63, 3.8) is 0 Å². The van der Waals surface area contributed by atoms with Gasteiger partial charge in [-0.1, -0.05) is 49.1 Å². The first-order valence-corrected chi connectivity index (χ1v) is 7.77. The molecule has 0 unspecified atom stereocenters. The van der Waals surface area contributed by atoms with Gasteiger partial charge in [0.2, 0.25) is 0 Å². The molecule has 19 heavy (non-hydrogen) atoms. The van der Waals surface area contributed by atoms with Crippen LogP contribution in [0.4, 0.5) is 0 Å². The van der Waals surface area contributed by atoms with E-state index in [1.54, 1.807) is 0 Å². The average molecular weight is 297 g/mol. The molecule has 0 amide bonds. The van der Waals surface area contributed by atoms with E-state index in [4.69, 9.17) is 23.8 Å². The molecule has 1 aliphatic rings. The van der Waals surface area contributed by atoms with E-state index < -0.39 is 0 Å². The van der Waals surface area contributed by atoms with Crippen molar-refractivity contribution in [3.8, 4) is 0 Å². The van der Waals surface area contributed by atoms with Crippen LogP contribution in [0.1, 0.15) is 50.6 Å². The zero-order valence-electron chi connectivity index (χ0n) is 11.3. The van der Waals surface area contributed by atoms with Crippen molar-refractivity contribution in [2.45, 2.75) is 51.1 Å². The maximum absolute atomic E-state index is 6.19. The number of rotatable bonds is 3. The quantitative estimate of drug-likeness (QED) is 0.818.